The molecule has 0 radical (unpaired) electrons. The Hall–Kier alpha value is -1.71. The lowest BCUT2D eigenvalue weighted by atomic mass is 10.0. The van der Waals surface area contributed by atoms with Gasteiger partial charge in [0.15, 0.2) is 0 Å². The number of aliphatic carboxylic acids is 1. The molecule has 0 saturated heterocycles. The first-order valence-electron chi connectivity index (χ1n) is 5.44. The number of carbonyl (C=O) groups is 1. The average molecular weight is 237 g/mol. The van der Waals surface area contributed by atoms with Gasteiger partial charge in [0.1, 0.15) is 11.3 Å². The molecule has 0 aliphatic heterocycles. The molecule has 0 aliphatic carbocycles. The standard InChI is InChI=1S/C13H19NO3/c1-8-6-10(11(17-5)7-9(8)2)14-13(3,4)12(15)16/h6-7,14H,1-5H3,(H,15,16). The van der Waals surface area contributed by atoms with Crippen molar-refractivity contribution in [3.8, 4) is 5.75 Å². The van der Waals surface area contributed by atoms with Crippen molar-refractivity contribution in [1.82, 2.24) is 0 Å². The smallest absolute Gasteiger partial charge is 0.328 e. The number of rotatable bonds is 4. The highest BCUT2D eigenvalue weighted by Gasteiger charge is 2.27. The van der Waals surface area contributed by atoms with Gasteiger partial charge in [-0.2, -0.15) is 0 Å². The maximum atomic E-state index is 11.1. The van der Waals surface area contributed by atoms with Crippen molar-refractivity contribution in [3.63, 3.8) is 0 Å². The second-order valence-corrected chi connectivity index (χ2v) is 4.69. The molecule has 0 aliphatic rings. The van der Waals surface area contributed by atoms with Crippen LogP contribution in [0.5, 0.6) is 5.75 Å². The fraction of sp³-hybridized carbons (Fsp3) is 0.462. The minimum Gasteiger partial charge on any atom is -0.495 e. The SMILES string of the molecule is COc1cc(C)c(C)cc1NC(C)(C)C(=O)O. The molecule has 1 rings (SSSR count). The summed E-state index contributed by atoms with van der Waals surface area (Å²) in [4.78, 5) is 11.1. The molecule has 1 aromatic carbocycles. The van der Waals surface area contributed by atoms with Gasteiger partial charge in [0.2, 0.25) is 0 Å². The Morgan fingerprint density at radius 2 is 1.82 bits per heavy atom. The van der Waals surface area contributed by atoms with Crippen LogP contribution in [0.3, 0.4) is 0 Å². The highest BCUT2D eigenvalue weighted by Crippen LogP contribution is 2.30. The number of anilines is 1. The molecular weight excluding hydrogens is 218 g/mol. The minimum atomic E-state index is -1.03. The molecule has 1 aromatic rings. The van der Waals surface area contributed by atoms with Gasteiger partial charge >= 0.3 is 5.97 Å². The number of benzene rings is 1. The molecule has 0 aromatic heterocycles. The van der Waals surface area contributed by atoms with E-state index in [4.69, 9.17) is 9.84 Å². The summed E-state index contributed by atoms with van der Waals surface area (Å²) in [6.45, 7) is 7.20. The van der Waals surface area contributed by atoms with Crippen molar-refractivity contribution in [2.45, 2.75) is 33.2 Å². The molecule has 0 bridgehead atoms. The molecule has 0 heterocycles. The van der Waals surface area contributed by atoms with Crippen molar-refractivity contribution in [1.29, 1.82) is 0 Å². The molecule has 0 fully saturated rings. The number of ether oxygens (including phenoxy) is 1. The molecular formula is C13H19NO3. The lowest BCUT2D eigenvalue weighted by Gasteiger charge is -2.24. The molecule has 2 N–H and O–H groups in total. The second kappa shape index (κ2) is 4.65. The lowest BCUT2D eigenvalue weighted by molar-refractivity contribution is -0.141. The molecule has 94 valence electrons. The van der Waals surface area contributed by atoms with E-state index in [1.807, 2.05) is 26.0 Å². The number of hydrogen-bond acceptors (Lipinski definition) is 3. The first-order chi connectivity index (χ1) is 7.77. The predicted octanol–water partition coefficient (Wildman–Crippen LogP) is 2.59. The topological polar surface area (TPSA) is 58.6 Å². The van der Waals surface area contributed by atoms with Crippen LogP contribution in [0.1, 0.15) is 25.0 Å². The molecule has 0 spiro atoms. The number of aryl methyl sites for hydroxylation is 2. The van der Waals surface area contributed by atoms with E-state index in [0.29, 0.717) is 11.4 Å². The molecule has 0 atom stereocenters. The number of methoxy groups -OCH3 is 1. The van der Waals surface area contributed by atoms with E-state index in [-0.39, 0.29) is 0 Å². The number of hydrogen-bond donors (Lipinski definition) is 2. The summed E-state index contributed by atoms with van der Waals surface area (Å²) >= 11 is 0. The van der Waals surface area contributed by atoms with E-state index in [1.54, 1.807) is 21.0 Å². The molecule has 4 heteroatoms. The zero-order chi connectivity index (χ0) is 13.2. The van der Waals surface area contributed by atoms with Crippen LogP contribution in [-0.4, -0.2) is 23.7 Å². The van der Waals surface area contributed by atoms with Gasteiger partial charge in [-0.1, -0.05) is 0 Å². The quantitative estimate of drug-likeness (QED) is 0.845. The average Bonchev–Trinajstić information content (AvgIpc) is 2.22. The van der Waals surface area contributed by atoms with Gasteiger partial charge in [-0.3, -0.25) is 0 Å². The summed E-state index contributed by atoms with van der Waals surface area (Å²) in [7, 11) is 1.57. The Labute approximate surface area is 102 Å². The predicted molar refractivity (Wildman–Crippen MR) is 67.8 cm³/mol. The Morgan fingerprint density at radius 3 is 2.29 bits per heavy atom. The monoisotopic (exact) mass is 237 g/mol. The van der Waals surface area contributed by atoms with Gasteiger partial charge in [-0.05, 0) is 51.0 Å². The zero-order valence-corrected chi connectivity index (χ0v) is 10.9. The van der Waals surface area contributed by atoms with E-state index in [0.717, 1.165) is 11.1 Å². The van der Waals surface area contributed by atoms with Crippen LogP contribution in [-0.2, 0) is 4.79 Å². The minimum absolute atomic E-state index is 0.655. The Balaban J connectivity index is 3.14. The lowest BCUT2D eigenvalue weighted by Crippen LogP contribution is -2.40. The van der Waals surface area contributed by atoms with E-state index >= 15 is 0 Å². The highest BCUT2D eigenvalue weighted by atomic mass is 16.5. The summed E-state index contributed by atoms with van der Waals surface area (Å²) in [5.74, 6) is -0.250. The summed E-state index contributed by atoms with van der Waals surface area (Å²) in [6.07, 6.45) is 0. The third-order valence-electron chi connectivity index (χ3n) is 2.80. The van der Waals surface area contributed by atoms with Crippen LogP contribution >= 0.6 is 0 Å². The normalized spacial score (nSPS) is 11.1. The van der Waals surface area contributed by atoms with Crippen molar-refractivity contribution in [2.24, 2.45) is 0 Å². The molecule has 0 saturated carbocycles. The summed E-state index contributed by atoms with van der Waals surface area (Å²) in [5, 5.41) is 12.1. The van der Waals surface area contributed by atoms with Crippen LogP contribution in [0, 0.1) is 13.8 Å². The Morgan fingerprint density at radius 1 is 1.29 bits per heavy atom. The van der Waals surface area contributed by atoms with Gasteiger partial charge in [-0.25, -0.2) is 4.79 Å². The fourth-order valence-electron chi connectivity index (χ4n) is 1.45. The first kappa shape index (κ1) is 13.4. The summed E-state index contributed by atoms with van der Waals surface area (Å²) < 4.78 is 5.25. The second-order valence-electron chi connectivity index (χ2n) is 4.69. The van der Waals surface area contributed by atoms with Crippen LogP contribution in [0.15, 0.2) is 12.1 Å². The molecule has 0 unspecified atom stereocenters. The Kier molecular flexibility index (Phi) is 3.66. The largest absolute Gasteiger partial charge is 0.495 e. The van der Waals surface area contributed by atoms with Crippen molar-refractivity contribution in [3.05, 3.63) is 23.3 Å². The highest BCUT2D eigenvalue weighted by molar-refractivity contribution is 5.82. The maximum absolute atomic E-state index is 11.1. The fourth-order valence-corrected chi connectivity index (χ4v) is 1.45. The van der Waals surface area contributed by atoms with E-state index < -0.39 is 11.5 Å². The number of carboxylic acid groups (broad SMARTS) is 1. The van der Waals surface area contributed by atoms with Crippen molar-refractivity contribution >= 4 is 11.7 Å². The van der Waals surface area contributed by atoms with Gasteiger partial charge in [0, 0.05) is 0 Å². The van der Waals surface area contributed by atoms with E-state index in [2.05, 4.69) is 5.32 Å². The van der Waals surface area contributed by atoms with Gasteiger partial charge < -0.3 is 15.2 Å². The third kappa shape index (κ3) is 2.90. The molecule has 17 heavy (non-hydrogen) atoms. The molecule has 4 nitrogen and oxygen atoms in total. The summed E-state index contributed by atoms with van der Waals surface area (Å²) in [6, 6.07) is 3.80. The van der Waals surface area contributed by atoms with Gasteiger partial charge in [0.25, 0.3) is 0 Å². The van der Waals surface area contributed by atoms with Gasteiger partial charge in [-0.15, -0.1) is 0 Å². The number of carboxylic acids is 1. The van der Waals surface area contributed by atoms with Crippen LogP contribution in [0.25, 0.3) is 0 Å². The third-order valence-corrected chi connectivity index (χ3v) is 2.80. The van der Waals surface area contributed by atoms with E-state index in [9.17, 15) is 4.79 Å². The van der Waals surface area contributed by atoms with Crippen molar-refractivity contribution in [2.75, 3.05) is 12.4 Å². The van der Waals surface area contributed by atoms with Crippen molar-refractivity contribution < 1.29 is 14.6 Å². The Bertz CT molecular complexity index is 439. The summed E-state index contributed by atoms with van der Waals surface area (Å²) in [5.41, 5.74) is 1.87. The van der Waals surface area contributed by atoms with E-state index in [1.165, 1.54) is 0 Å². The zero-order valence-electron chi connectivity index (χ0n) is 10.9. The van der Waals surface area contributed by atoms with Gasteiger partial charge in [0.05, 0.1) is 12.8 Å². The first-order valence-corrected chi connectivity index (χ1v) is 5.44. The van der Waals surface area contributed by atoms with Crippen LogP contribution < -0.4 is 10.1 Å². The molecule has 0 amide bonds. The maximum Gasteiger partial charge on any atom is 0.328 e. The van der Waals surface area contributed by atoms with Crippen LogP contribution in [0.4, 0.5) is 5.69 Å². The van der Waals surface area contributed by atoms with Crippen LogP contribution in [0.2, 0.25) is 0 Å². The number of nitrogens with one attached hydrogen (secondary N) is 1.